The van der Waals surface area contributed by atoms with Gasteiger partial charge in [0.15, 0.2) is 5.78 Å². The van der Waals surface area contributed by atoms with E-state index >= 15 is 0 Å². The lowest BCUT2D eigenvalue weighted by molar-refractivity contribution is -0.140. The Balaban J connectivity index is 3.10. The highest BCUT2D eigenvalue weighted by atomic mass is 16.6. The van der Waals surface area contributed by atoms with Crippen molar-refractivity contribution in [3.8, 4) is 0 Å². The predicted molar refractivity (Wildman–Crippen MR) is 143 cm³/mol. The Morgan fingerprint density at radius 2 is 1.47 bits per heavy atom. The van der Waals surface area contributed by atoms with E-state index in [2.05, 4.69) is 16.0 Å². The van der Waals surface area contributed by atoms with E-state index in [9.17, 15) is 29.1 Å². The van der Waals surface area contributed by atoms with Gasteiger partial charge in [-0.25, -0.2) is 0 Å². The molecule has 0 spiro atoms. The van der Waals surface area contributed by atoms with Gasteiger partial charge in [0.25, 0.3) is 0 Å². The number of nitrogens with zero attached hydrogens (tertiary/aromatic N) is 1. The van der Waals surface area contributed by atoms with Crippen LogP contribution < -0.4 is 16.0 Å². The summed E-state index contributed by atoms with van der Waals surface area (Å²) in [6, 6.07) is -3.95. The fourth-order valence-corrected chi connectivity index (χ4v) is 4.18. The van der Waals surface area contributed by atoms with Gasteiger partial charge in [-0.05, 0) is 38.5 Å². The van der Waals surface area contributed by atoms with Gasteiger partial charge in [-0.15, -0.1) is 0 Å². The minimum absolute atomic E-state index is 0.0976. The van der Waals surface area contributed by atoms with E-state index in [0.29, 0.717) is 25.7 Å². The van der Waals surface area contributed by atoms with Gasteiger partial charge in [0, 0.05) is 14.0 Å². The quantitative estimate of drug-likeness (QED) is 0.212. The van der Waals surface area contributed by atoms with Gasteiger partial charge in [0.05, 0.1) is 18.8 Å². The fourth-order valence-electron chi connectivity index (χ4n) is 4.18. The SMILES string of the molecule is CCC[C@@H](C(=O)NC(C(=O)N[C@H](C(=O)NC(CC(C)C)C(=O)[C@@]1(C)CO1)[C@@H](C)O)[C@@H](C)CC)N(C)C(C)=O. The molecule has 0 aromatic heterocycles. The topological polar surface area (TPSA) is 157 Å². The van der Waals surface area contributed by atoms with Crippen LogP contribution in [0.4, 0.5) is 0 Å². The summed E-state index contributed by atoms with van der Waals surface area (Å²) in [4.78, 5) is 65.9. The molecule has 11 nitrogen and oxygen atoms in total. The average Bonchev–Trinajstić information content (AvgIpc) is 3.59. The van der Waals surface area contributed by atoms with Crippen molar-refractivity contribution >= 4 is 29.4 Å². The fraction of sp³-hybridized carbons (Fsp3) is 0.815. The Morgan fingerprint density at radius 3 is 1.89 bits per heavy atom. The number of amides is 4. The number of aliphatic hydroxyl groups is 1. The molecule has 0 bridgehead atoms. The van der Waals surface area contributed by atoms with Crippen molar-refractivity contribution in [2.24, 2.45) is 11.8 Å². The molecule has 1 aliphatic rings. The van der Waals surface area contributed by atoms with Crippen LogP contribution in [0.1, 0.15) is 81.1 Å². The molecule has 0 radical (unpaired) electrons. The molecule has 4 amide bonds. The number of aliphatic hydroxyl groups excluding tert-OH is 1. The van der Waals surface area contributed by atoms with Crippen LogP contribution in [-0.2, 0) is 28.7 Å². The summed E-state index contributed by atoms with van der Waals surface area (Å²) in [5.74, 6) is -2.54. The molecule has 1 fully saturated rings. The maximum atomic E-state index is 13.4. The third-order valence-corrected chi connectivity index (χ3v) is 7.12. The van der Waals surface area contributed by atoms with Crippen LogP contribution >= 0.6 is 0 Å². The highest BCUT2D eigenvalue weighted by Crippen LogP contribution is 2.29. The van der Waals surface area contributed by atoms with Gasteiger partial charge in [-0.3, -0.25) is 24.0 Å². The first-order valence-corrected chi connectivity index (χ1v) is 13.6. The second-order valence-electron chi connectivity index (χ2n) is 11.1. The molecule has 2 unspecified atom stereocenters. The van der Waals surface area contributed by atoms with Crippen molar-refractivity contribution in [3.05, 3.63) is 0 Å². The number of epoxide rings is 1. The Kier molecular flexibility index (Phi) is 12.8. The zero-order chi connectivity index (χ0) is 29.4. The Morgan fingerprint density at radius 1 is 0.947 bits per heavy atom. The Hall–Kier alpha value is -2.53. The molecule has 11 heteroatoms. The number of hydrogen-bond donors (Lipinski definition) is 4. The van der Waals surface area contributed by atoms with Gasteiger partial charge in [-0.1, -0.05) is 47.5 Å². The normalized spacial score (nSPS) is 21.3. The molecule has 1 aliphatic heterocycles. The first-order chi connectivity index (χ1) is 17.6. The van der Waals surface area contributed by atoms with E-state index in [1.54, 1.807) is 13.8 Å². The number of carbonyl (C=O) groups excluding carboxylic acids is 5. The number of carbonyl (C=O) groups is 5. The van der Waals surface area contributed by atoms with Crippen molar-refractivity contribution in [1.82, 2.24) is 20.9 Å². The van der Waals surface area contributed by atoms with Crippen molar-refractivity contribution in [2.75, 3.05) is 13.7 Å². The van der Waals surface area contributed by atoms with Gasteiger partial charge < -0.3 is 30.7 Å². The zero-order valence-corrected chi connectivity index (χ0v) is 24.4. The van der Waals surface area contributed by atoms with Gasteiger partial charge in [-0.2, -0.15) is 0 Å². The standard InChI is InChI=1S/C27H48N4O7/c1-10-12-20(31(9)18(7)33)24(35)29-21(16(5)11-2)25(36)30-22(17(6)32)26(37)28-19(13-15(3)4)23(34)27(8)14-38-27/h15-17,19-22,32H,10-14H2,1-9H3,(H,28,37)(H,29,35)(H,30,36)/t16-,17+,19?,20-,21?,22-,27+/m0/s1. The van der Waals surface area contributed by atoms with Crippen LogP contribution in [-0.4, -0.2) is 88.9 Å². The van der Waals surface area contributed by atoms with E-state index in [1.807, 2.05) is 27.7 Å². The largest absolute Gasteiger partial charge is 0.391 e. The first-order valence-electron chi connectivity index (χ1n) is 13.6. The predicted octanol–water partition coefficient (Wildman–Crippen LogP) is 0.919. The summed E-state index contributed by atoms with van der Waals surface area (Å²) in [5.41, 5.74) is -0.940. The van der Waals surface area contributed by atoms with Gasteiger partial charge >= 0.3 is 0 Å². The van der Waals surface area contributed by atoms with Crippen molar-refractivity contribution in [3.63, 3.8) is 0 Å². The number of ether oxygens (including phenoxy) is 1. The monoisotopic (exact) mass is 540 g/mol. The maximum Gasteiger partial charge on any atom is 0.245 e. The molecular weight excluding hydrogens is 492 g/mol. The van der Waals surface area contributed by atoms with Crippen molar-refractivity contribution in [1.29, 1.82) is 0 Å². The smallest absolute Gasteiger partial charge is 0.245 e. The molecule has 0 saturated carbocycles. The first kappa shape index (κ1) is 33.5. The summed E-state index contributed by atoms with van der Waals surface area (Å²) in [6.07, 6.45) is 0.725. The number of ketones is 1. The van der Waals surface area contributed by atoms with Crippen molar-refractivity contribution < 1.29 is 33.8 Å². The molecule has 0 aromatic rings. The molecule has 1 saturated heterocycles. The second kappa shape index (κ2) is 14.6. The molecule has 0 aliphatic carbocycles. The van der Waals surface area contributed by atoms with E-state index in [4.69, 9.17) is 4.74 Å². The lowest BCUT2D eigenvalue weighted by Crippen LogP contribution is -2.61. The van der Waals surface area contributed by atoms with Crippen LogP contribution in [0.15, 0.2) is 0 Å². The highest BCUT2D eigenvalue weighted by molar-refractivity contribution is 5.98. The number of Topliss-reactive ketones (excluding diaryl/α,β-unsaturated/α-hetero) is 1. The lowest BCUT2D eigenvalue weighted by Gasteiger charge is -2.31. The van der Waals surface area contributed by atoms with Crippen LogP contribution in [0.5, 0.6) is 0 Å². The lowest BCUT2D eigenvalue weighted by atomic mass is 9.93. The average molecular weight is 541 g/mol. The van der Waals surface area contributed by atoms with Crippen LogP contribution in [0.2, 0.25) is 0 Å². The molecule has 7 atom stereocenters. The molecule has 218 valence electrons. The summed E-state index contributed by atoms with van der Waals surface area (Å²) >= 11 is 0. The summed E-state index contributed by atoms with van der Waals surface area (Å²) < 4.78 is 5.26. The van der Waals surface area contributed by atoms with E-state index < -0.39 is 53.6 Å². The molecule has 1 rings (SSSR count). The number of hydrogen-bond acceptors (Lipinski definition) is 7. The van der Waals surface area contributed by atoms with E-state index in [0.717, 1.165) is 0 Å². The molecular formula is C27H48N4O7. The van der Waals surface area contributed by atoms with Crippen LogP contribution in [0.3, 0.4) is 0 Å². The Bertz CT molecular complexity index is 856. The molecule has 4 N–H and O–H groups in total. The van der Waals surface area contributed by atoms with Gasteiger partial charge in [0.2, 0.25) is 23.6 Å². The molecule has 0 aromatic carbocycles. The van der Waals surface area contributed by atoms with E-state index in [1.165, 1.54) is 25.8 Å². The third kappa shape index (κ3) is 9.34. The van der Waals surface area contributed by atoms with E-state index in [-0.39, 0.29) is 30.1 Å². The maximum absolute atomic E-state index is 13.4. The second-order valence-corrected chi connectivity index (χ2v) is 11.1. The molecule has 38 heavy (non-hydrogen) atoms. The number of likely N-dealkylation sites (N-methyl/N-ethyl adjacent to an activating group) is 1. The summed E-state index contributed by atoms with van der Waals surface area (Å²) in [5, 5.41) is 18.4. The number of nitrogens with one attached hydrogen (secondary N) is 3. The van der Waals surface area contributed by atoms with Gasteiger partial charge in [0.1, 0.15) is 23.7 Å². The summed E-state index contributed by atoms with van der Waals surface area (Å²) in [6.45, 7) is 14.1. The van der Waals surface area contributed by atoms with Crippen LogP contribution in [0.25, 0.3) is 0 Å². The van der Waals surface area contributed by atoms with Crippen LogP contribution in [0, 0.1) is 11.8 Å². The number of rotatable bonds is 16. The summed E-state index contributed by atoms with van der Waals surface area (Å²) in [7, 11) is 1.54. The minimum atomic E-state index is -1.35. The van der Waals surface area contributed by atoms with Crippen molar-refractivity contribution in [2.45, 2.75) is 117 Å². The molecule has 1 heterocycles. The third-order valence-electron chi connectivity index (χ3n) is 7.12. The Labute approximate surface area is 226 Å². The highest BCUT2D eigenvalue weighted by Gasteiger charge is 2.50. The minimum Gasteiger partial charge on any atom is -0.391 e. The zero-order valence-electron chi connectivity index (χ0n) is 24.4.